The SMILES string of the molecule is Cc1nc2cc(-c3ccc(Cl)c(C(N)=O)c3)ccc2s1. The number of fused-ring (bicyclic) bond motifs is 1. The number of nitrogens with zero attached hydrogens (tertiary/aromatic N) is 1. The molecule has 0 saturated carbocycles. The predicted molar refractivity (Wildman–Crippen MR) is 83.3 cm³/mol. The van der Waals surface area contributed by atoms with E-state index in [9.17, 15) is 4.79 Å². The number of aromatic nitrogens is 1. The van der Waals surface area contributed by atoms with Crippen LogP contribution in [0.1, 0.15) is 15.4 Å². The van der Waals surface area contributed by atoms with Crippen molar-refractivity contribution in [3.8, 4) is 11.1 Å². The molecule has 0 aliphatic heterocycles. The fourth-order valence-electron chi connectivity index (χ4n) is 2.12. The second-order valence-electron chi connectivity index (χ2n) is 4.47. The zero-order valence-corrected chi connectivity index (χ0v) is 12.3. The first-order valence-corrected chi connectivity index (χ1v) is 7.21. The molecule has 0 spiro atoms. The van der Waals surface area contributed by atoms with Crippen molar-refractivity contribution >= 4 is 39.1 Å². The van der Waals surface area contributed by atoms with E-state index in [-0.39, 0.29) is 0 Å². The molecule has 20 heavy (non-hydrogen) atoms. The molecule has 0 fully saturated rings. The minimum absolute atomic E-state index is 0.332. The standard InChI is InChI=1S/C15H11ClN2OS/c1-8-18-13-7-10(3-5-14(13)20-8)9-2-4-12(16)11(6-9)15(17)19/h2-7H,1H3,(H2,17,19). The molecule has 100 valence electrons. The van der Waals surface area contributed by atoms with Crippen molar-refractivity contribution in [2.75, 3.05) is 0 Å². The second kappa shape index (κ2) is 4.89. The summed E-state index contributed by atoms with van der Waals surface area (Å²) in [5, 5.41) is 1.40. The molecule has 0 aliphatic rings. The lowest BCUT2D eigenvalue weighted by atomic mass is 10.0. The summed E-state index contributed by atoms with van der Waals surface area (Å²) in [7, 11) is 0. The molecule has 3 rings (SSSR count). The zero-order chi connectivity index (χ0) is 14.3. The van der Waals surface area contributed by atoms with Gasteiger partial charge in [-0.25, -0.2) is 4.98 Å². The Kier molecular flexibility index (Phi) is 3.20. The van der Waals surface area contributed by atoms with E-state index in [4.69, 9.17) is 17.3 Å². The second-order valence-corrected chi connectivity index (χ2v) is 6.12. The fourth-order valence-corrected chi connectivity index (χ4v) is 3.13. The number of benzene rings is 2. The number of carbonyl (C=O) groups is 1. The van der Waals surface area contributed by atoms with Crippen LogP contribution in [0.5, 0.6) is 0 Å². The molecular formula is C15H11ClN2OS. The number of hydrogen-bond donors (Lipinski definition) is 1. The van der Waals surface area contributed by atoms with E-state index in [1.165, 1.54) is 0 Å². The van der Waals surface area contributed by atoms with E-state index in [1.54, 1.807) is 23.5 Å². The number of primary amides is 1. The van der Waals surface area contributed by atoms with Crippen molar-refractivity contribution in [2.24, 2.45) is 5.73 Å². The van der Waals surface area contributed by atoms with Crippen LogP contribution in [0, 0.1) is 6.92 Å². The molecule has 0 aliphatic carbocycles. The lowest BCUT2D eigenvalue weighted by molar-refractivity contribution is 0.100. The van der Waals surface area contributed by atoms with Gasteiger partial charge in [-0.15, -0.1) is 11.3 Å². The van der Waals surface area contributed by atoms with Gasteiger partial charge >= 0.3 is 0 Å². The largest absolute Gasteiger partial charge is 0.366 e. The maximum absolute atomic E-state index is 11.3. The van der Waals surface area contributed by atoms with Gasteiger partial charge in [-0.1, -0.05) is 23.7 Å². The third kappa shape index (κ3) is 2.28. The molecule has 0 atom stereocenters. The van der Waals surface area contributed by atoms with Crippen LogP contribution in [-0.2, 0) is 0 Å². The number of rotatable bonds is 2. The third-order valence-corrected chi connectivity index (χ3v) is 4.34. The molecule has 0 radical (unpaired) electrons. The maximum Gasteiger partial charge on any atom is 0.250 e. The summed E-state index contributed by atoms with van der Waals surface area (Å²) >= 11 is 7.63. The quantitative estimate of drug-likeness (QED) is 0.777. The first-order chi connectivity index (χ1) is 9.54. The number of nitrogens with two attached hydrogens (primary N) is 1. The van der Waals surface area contributed by atoms with E-state index in [0.29, 0.717) is 10.6 Å². The Bertz CT molecular complexity index is 826. The van der Waals surface area contributed by atoms with Crippen LogP contribution < -0.4 is 5.73 Å². The normalized spacial score (nSPS) is 10.9. The lowest BCUT2D eigenvalue weighted by Gasteiger charge is -2.05. The summed E-state index contributed by atoms with van der Waals surface area (Å²) in [6.07, 6.45) is 0. The van der Waals surface area contributed by atoms with Gasteiger partial charge in [0.15, 0.2) is 0 Å². The van der Waals surface area contributed by atoms with Gasteiger partial charge in [-0.05, 0) is 42.3 Å². The number of halogens is 1. The molecule has 2 aromatic carbocycles. The Morgan fingerprint density at radius 1 is 1.20 bits per heavy atom. The maximum atomic E-state index is 11.3. The summed E-state index contributed by atoms with van der Waals surface area (Å²) < 4.78 is 1.15. The van der Waals surface area contributed by atoms with Gasteiger partial charge in [0.05, 0.1) is 25.8 Å². The average Bonchev–Trinajstić information content (AvgIpc) is 2.78. The zero-order valence-electron chi connectivity index (χ0n) is 10.7. The number of aryl methyl sites for hydroxylation is 1. The number of amides is 1. The summed E-state index contributed by atoms with van der Waals surface area (Å²) in [6, 6.07) is 11.3. The van der Waals surface area contributed by atoms with Gasteiger partial charge in [0.1, 0.15) is 0 Å². The highest BCUT2D eigenvalue weighted by molar-refractivity contribution is 7.18. The fraction of sp³-hybridized carbons (Fsp3) is 0.0667. The Morgan fingerprint density at radius 3 is 2.65 bits per heavy atom. The van der Waals surface area contributed by atoms with Gasteiger partial charge < -0.3 is 5.73 Å². The number of thiazole rings is 1. The molecule has 1 aromatic heterocycles. The van der Waals surface area contributed by atoms with E-state index in [2.05, 4.69) is 4.98 Å². The van der Waals surface area contributed by atoms with Gasteiger partial charge in [-0.3, -0.25) is 4.79 Å². The van der Waals surface area contributed by atoms with Crippen molar-refractivity contribution < 1.29 is 4.79 Å². The molecule has 1 amide bonds. The van der Waals surface area contributed by atoms with Crippen LogP contribution >= 0.6 is 22.9 Å². The van der Waals surface area contributed by atoms with Crippen molar-refractivity contribution in [1.82, 2.24) is 4.98 Å². The van der Waals surface area contributed by atoms with Gasteiger partial charge in [-0.2, -0.15) is 0 Å². The van der Waals surface area contributed by atoms with Crippen LogP contribution in [0.2, 0.25) is 5.02 Å². The van der Waals surface area contributed by atoms with Crippen molar-refractivity contribution in [1.29, 1.82) is 0 Å². The summed E-state index contributed by atoms with van der Waals surface area (Å²) in [5.74, 6) is -0.526. The predicted octanol–water partition coefficient (Wildman–Crippen LogP) is 4.02. The molecule has 0 bridgehead atoms. The molecule has 0 unspecified atom stereocenters. The minimum atomic E-state index is -0.526. The third-order valence-electron chi connectivity index (χ3n) is 3.06. The van der Waals surface area contributed by atoms with Crippen LogP contribution in [0.3, 0.4) is 0 Å². The molecule has 5 heteroatoms. The number of hydrogen-bond acceptors (Lipinski definition) is 3. The smallest absolute Gasteiger partial charge is 0.250 e. The van der Waals surface area contributed by atoms with E-state index < -0.39 is 5.91 Å². The van der Waals surface area contributed by atoms with Crippen LogP contribution in [0.15, 0.2) is 36.4 Å². The molecule has 3 nitrogen and oxygen atoms in total. The summed E-state index contributed by atoms with van der Waals surface area (Å²) in [6.45, 7) is 1.98. The Morgan fingerprint density at radius 2 is 1.90 bits per heavy atom. The molecule has 0 saturated heterocycles. The Labute approximate surface area is 125 Å². The molecule has 3 aromatic rings. The molecular weight excluding hydrogens is 292 g/mol. The van der Waals surface area contributed by atoms with Crippen LogP contribution in [0.4, 0.5) is 0 Å². The van der Waals surface area contributed by atoms with Crippen molar-refractivity contribution in [3.05, 3.63) is 52.0 Å². The number of carbonyl (C=O) groups excluding carboxylic acids is 1. The highest BCUT2D eigenvalue weighted by Crippen LogP contribution is 2.29. The highest BCUT2D eigenvalue weighted by Gasteiger charge is 2.09. The van der Waals surface area contributed by atoms with Crippen LogP contribution in [-0.4, -0.2) is 10.9 Å². The van der Waals surface area contributed by atoms with Crippen molar-refractivity contribution in [3.63, 3.8) is 0 Å². The monoisotopic (exact) mass is 302 g/mol. The van der Waals surface area contributed by atoms with E-state index >= 15 is 0 Å². The van der Waals surface area contributed by atoms with Crippen LogP contribution in [0.25, 0.3) is 21.3 Å². The van der Waals surface area contributed by atoms with Gasteiger partial charge in [0.25, 0.3) is 0 Å². The molecule has 1 heterocycles. The first-order valence-electron chi connectivity index (χ1n) is 6.01. The van der Waals surface area contributed by atoms with Crippen molar-refractivity contribution in [2.45, 2.75) is 6.92 Å². The lowest BCUT2D eigenvalue weighted by Crippen LogP contribution is -2.11. The highest BCUT2D eigenvalue weighted by atomic mass is 35.5. The summed E-state index contributed by atoms with van der Waals surface area (Å²) in [4.78, 5) is 15.8. The topological polar surface area (TPSA) is 56.0 Å². The average molecular weight is 303 g/mol. The van der Waals surface area contributed by atoms with E-state index in [1.807, 2.05) is 31.2 Å². The molecule has 2 N–H and O–H groups in total. The first kappa shape index (κ1) is 13.1. The summed E-state index contributed by atoms with van der Waals surface area (Å²) in [5.41, 5.74) is 8.50. The minimum Gasteiger partial charge on any atom is -0.366 e. The Balaban J connectivity index is 2.14. The van der Waals surface area contributed by atoms with Gasteiger partial charge in [0.2, 0.25) is 5.91 Å². The van der Waals surface area contributed by atoms with Gasteiger partial charge in [0, 0.05) is 0 Å². The Hall–Kier alpha value is -1.91. The van der Waals surface area contributed by atoms with E-state index in [0.717, 1.165) is 26.4 Å².